The normalized spacial score (nSPS) is 10.1. The first-order valence-corrected chi connectivity index (χ1v) is 8.07. The molecule has 0 radical (unpaired) electrons. The number of hydrogen-bond donors (Lipinski definition) is 3. The topological polar surface area (TPSA) is 113 Å². The second-order valence-electron chi connectivity index (χ2n) is 5.60. The molecule has 0 saturated carbocycles. The van der Waals surface area contributed by atoms with Gasteiger partial charge >= 0.3 is 0 Å². The summed E-state index contributed by atoms with van der Waals surface area (Å²) in [5, 5.41) is 19.1. The van der Waals surface area contributed by atoms with E-state index in [4.69, 9.17) is 0 Å². The number of nitro benzene ring substituents is 1. The highest BCUT2D eigenvalue weighted by atomic mass is 16.6. The molecule has 0 atom stereocenters. The molecule has 0 spiro atoms. The van der Waals surface area contributed by atoms with Crippen molar-refractivity contribution in [2.45, 2.75) is 13.8 Å². The van der Waals surface area contributed by atoms with Gasteiger partial charge in [0, 0.05) is 35.6 Å². The molecule has 3 N–H and O–H groups in total. The van der Waals surface area contributed by atoms with Crippen LogP contribution in [-0.4, -0.2) is 29.8 Å². The lowest BCUT2D eigenvalue weighted by atomic mass is 10.1. The van der Waals surface area contributed by atoms with E-state index in [2.05, 4.69) is 16.0 Å². The summed E-state index contributed by atoms with van der Waals surface area (Å²) < 4.78 is 0. The quantitative estimate of drug-likeness (QED) is 0.521. The Morgan fingerprint density at radius 3 is 2.62 bits per heavy atom. The maximum Gasteiger partial charge on any atom is 0.271 e. The molecule has 0 aliphatic heterocycles. The van der Waals surface area contributed by atoms with Crippen molar-refractivity contribution in [2.24, 2.45) is 0 Å². The van der Waals surface area contributed by atoms with Crippen LogP contribution in [0.15, 0.2) is 42.5 Å². The third-order valence-corrected chi connectivity index (χ3v) is 3.62. The summed E-state index contributed by atoms with van der Waals surface area (Å²) in [7, 11) is 0. The zero-order chi connectivity index (χ0) is 19.1. The Labute approximate surface area is 150 Å². The number of rotatable bonds is 7. The summed E-state index contributed by atoms with van der Waals surface area (Å²) in [5.41, 5.74) is 2.21. The highest BCUT2D eigenvalue weighted by Gasteiger charge is 2.10. The Balaban J connectivity index is 1.99. The minimum absolute atomic E-state index is 0.0480. The molecule has 0 fully saturated rings. The van der Waals surface area contributed by atoms with Crippen molar-refractivity contribution in [3.05, 3.63) is 63.7 Å². The van der Waals surface area contributed by atoms with Gasteiger partial charge in [-0.3, -0.25) is 19.7 Å². The lowest BCUT2D eigenvalue weighted by Crippen LogP contribution is -2.24. The molecule has 0 aromatic heterocycles. The summed E-state index contributed by atoms with van der Waals surface area (Å²) in [4.78, 5) is 34.3. The van der Waals surface area contributed by atoms with E-state index >= 15 is 0 Å². The number of nitrogens with one attached hydrogen (secondary N) is 3. The van der Waals surface area contributed by atoms with Crippen LogP contribution in [0, 0.1) is 17.0 Å². The van der Waals surface area contributed by atoms with Gasteiger partial charge in [-0.05, 0) is 37.6 Å². The number of nitrogens with zero attached hydrogens (tertiary/aromatic N) is 1. The average molecular weight is 356 g/mol. The molecule has 0 bridgehead atoms. The summed E-state index contributed by atoms with van der Waals surface area (Å²) in [6.07, 6.45) is 0. The predicted molar refractivity (Wildman–Crippen MR) is 99.4 cm³/mol. The van der Waals surface area contributed by atoms with E-state index in [0.717, 1.165) is 5.56 Å². The number of benzene rings is 2. The molecule has 26 heavy (non-hydrogen) atoms. The molecule has 0 aliphatic rings. The molecule has 136 valence electrons. The van der Waals surface area contributed by atoms with Crippen LogP contribution >= 0.6 is 0 Å². The fourth-order valence-electron chi connectivity index (χ4n) is 2.30. The van der Waals surface area contributed by atoms with Gasteiger partial charge in [0.1, 0.15) is 0 Å². The van der Waals surface area contributed by atoms with Crippen LogP contribution in [-0.2, 0) is 4.79 Å². The molecule has 0 saturated heterocycles. The first-order valence-electron chi connectivity index (χ1n) is 8.07. The lowest BCUT2D eigenvalue weighted by molar-refractivity contribution is -0.384. The fraction of sp³-hybridized carbons (Fsp3) is 0.222. The number of non-ortho nitro benzene ring substituents is 1. The van der Waals surface area contributed by atoms with Gasteiger partial charge < -0.3 is 16.0 Å². The monoisotopic (exact) mass is 356 g/mol. The minimum atomic E-state index is -0.489. The fourth-order valence-corrected chi connectivity index (χ4v) is 2.30. The Hall–Kier alpha value is -3.42. The van der Waals surface area contributed by atoms with E-state index in [-0.39, 0.29) is 24.0 Å². The van der Waals surface area contributed by atoms with Crippen LogP contribution in [0.25, 0.3) is 0 Å². The number of aryl methyl sites for hydroxylation is 1. The molecule has 2 rings (SSSR count). The molecule has 0 heterocycles. The highest BCUT2D eigenvalue weighted by molar-refractivity contribution is 5.98. The van der Waals surface area contributed by atoms with E-state index in [1.54, 1.807) is 37.3 Å². The van der Waals surface area contributed by atoms with Crippen molar-refractivity contribution in [1.29, 1.82) is 0 Å². The number of amides is 2. The molecule has 8 heteroatoms. The van der Waals surface area contributed by atoms with Crippen LogP contribution in [0.3, 0.4) is 0 Å². The predicted octanol–water partition coefficient (Wildman–Crippen LogP) is 2.70. The zero-order valence-corrected chi connectivity index (χ0v) is 14.5. The first-order chi connectivity index (χ1) is 12.4. The average Bonchev–Trinajstić information content (AvgIpc) is 2.61. The van der Waals surface area contributed by atoms with Gasteiger partial charge in [0.05, 0.1) is 11.5 Å². The van der Waals surface area contributed by atoms with Gasteiger partial charge in [-0.2, -0.15) is 0 Å². The molecule has 2 aromatic carbocycles. The van der Waals surface area contributed by atoms with Gasteiger partial charge in [0.2, 0.25) is 5.91 Å². The van der Waals surface area contributed by atoms with Crippen LogP contribution in [0.5, 0.6) is 0 Å². The second kappa shape index (κ2) is 8.61. The second-order valence-corrected chi connectivity index (χ2v) is 5.60. The Morgan fingerprint density at radius 1 is 1.15 bits per heavy atom. The van der Waals surface area contributed by atoms with Crippen molar-refractivity contribution < 1.29 is 14.5 Å². The number of nitro groups is 1. The van der Waals surface area contributed by atoms with E-state index in [9.17, 15) is 19.7 Å². The molecule has 2 amide bonds. The molecule has 8 nitrogen and oxygen atoms in total. The zero-order valence-electron chi connectivity index (χ0n) is 14.5. The van der Waals surface area contributed by atoms with E-state index in [1.165, 1.54) is 12.1 Å². The van der Waals surface area contributed by atoms with Crippen molar-refractivity contribution in [1.82, 2.24) is 5.32 Å². The maximum absolute atomic E-state index is 12.1. The van der Waals surface area contributed by atoms with E-state index < -0.39 is 4.92 Å². The number of anilines is 2. The van der Waals surface area contributed by atoms with Crippen molar-refractivity contribution in [2.75, 3.05) is 23.7 Å². The summed E-state index contributed by atoms with van der Waals surface area (Å²) in [6.45, 7) is 4.07. The van der Waals surface area contributed by atoms with Gasteiger partial charge in [0.25, 0.3) is 11.6 Å². The first kappa shape index (κ1) is 18.9. The standard InChI is InChI=1S/C18H20N4O4/c1-3-19-18(24)13-5-4-6-14(9-13)21-17(23)11-20-16-10-15(22(25)26)8-7-12(16)2/h4-10,20H,3,11H2,1-2H3,(H,19,24)(H,21,23). The number of carbonyl (C=O) groups excluding carboxylic acids is 2. The largest absolute Gasteiger partial charge is 0.376 e. The molecule has 2 aromatic rings. The number of hydrogen-bond acceptors (Lipinski definition) is 5. The molecule has 0 unspecified atom stereocenters. The molecular formula is C18H20N4O4. The van der Waals surface area contributed by atoms with Gasteiger partial charge in [-0.1, -0.05) is 12.1 Å². The Morgan fingerprint density at radius 2 is 1.92 bits per heavy atom. The van der Waals surface area contributed by atoms with E-state index in [1.807, 2.05) is 6.92 Å². The lowest BCUT2D eigenvalue weighted by Gasteiger charge is -2.11. The molecule has 0 aliphatic carbocycles. The third kappa shape index (κ3) is 5.04. The van der Waals surface area contributed by atoms with Crippen molar-refractivity contribution >= 4 is 28.9 Å². The van der Waals surface area contributed by atoms with Crippen LogP contribution in [0.1, 0.15) is 22.8 Å². The smallest absolute Gasteiger partial charge is 0.271 e. The Kier molecular flexibility index (Phi) is 6.26. The SMILES string of the molecule is CCNC(=O)c1cccc(NC(=O)CNc2cc([N+](=O)[O-])ccc2C)c1. The summed E-state index contributed by atoms with van der Waals surface area (Å²) in [6, 6.07) is 11.0. The highest BCUT2D eigenvalue weighted by Crippen LogP contribution is 2.21. The minimum Gasteiger partial charge on any atom is -0.376 e. The third-order valence-electron chi connectivity index (χ3n) is 3.62. The van der Waals surface area contributed by atoms with Crippen molar-refractivity contribution in [3.63, 3.8) is 0 Å². The van der Waals surface area contributed by atoms with Crippen LogP contribution in [0.4, 0.5) is 17.1 Å². The van der Waals surface area contributed by atoms with Crippen LogP contribution in [0.2, 0.25) is 0 Å². The van der Waals surface area contributed by atoms with E-state index in [0.29, 0.717) is 23.5 Å². The Bertz CT molecular complexity index is 836. The van der Waals surface area contributed by atoms with Gasteiger partial charge in [0.15, 0.2) is 0 Å². The molecular weight excluding hydrogens is 336 g/mol. The maximum atomic E-state index is 12.1. The summed E-state index contributed by atoms with van der Waals surface area (Å²) in [5.74, 6) is -0.544. The summed E-state index contributed by atoms with van der Waals surface area (Å²) >= 11 is 0. The van der Waals surface area contributed by atoms with Gasteiger partial charge in [-0.15, -0.1) is 0 Å². The van der Waals surface area contributed by atoms with Crippen molar-refractivity contribution in [3.8, 4) is 0 Å². The number of carbonyl (C=O) groups is 2. The van der Waals surface area contributed by atoms with Gasteiger partial charge in [-0.25, -0.2) is 0 Å². The van der Waals surface area contributed by atoms with Crippen LogP contribution < -0.4 is 16.0 Å².